The van der Waals surface area contributed by atoms with Gasteiger partial charge in [-0.3, -0.25) is 9.69 Å². The normalized spacial score (nSPS) is 18.2. The van der Waals surface area contributed by atoms with Gasteiger partial charge in [0.05, 0.1) is 7.11 Å². The first-order chi connectivity index (χ1) is 10.3. The first kappa shape index (κ1) is 18.4. The second-order valence-corrected chi connectivity index (χ2v) is 6.09. The highest BCUT2D eigenvalue weighted by molar-refractivity contribution is 5.75. The first-order valence-electron chi connectivity index (χ1n) is 8.82. The highest BCUT2D eigenvalue weighted by Gasteiger charge is 2.26. The van der Waals surface area contributed by atoms with Crippen LogP contribution in [0, 0.1) is 0 Å². The van der Waals surface area contributed by atoms with Crippen LogP contribution in [0.25, 0.3) is 0 Å². The topological polar surface area (TPSA) is 41.6 Å². The molecule has 1 fully saturated rings. The number of methoxy groups -OCH3 is 1. The van der Waals surface area contributed by atoms with Crippen LogP contribution in [-0.2, 0) is 9.53 Å². The minimum atomic E-state index is -0.0529. The van der Waals surface area contributed by atoms with Crippen molar-refractivity contribution in [2.45, 2.75) is 70.8 Å². The molecular weight excluding hydrogens is 264 g/mol. The van der Waals surface area contributed by atoms with Gasteiger partial charge in [0.15, 0.2) is 0 Å². The average Bonchev–Trinajstić information content (AvgIpc) is 2.78. The molecule has 4 nitrogen and oxygen atoms in total. The van der Waals surface area contributed by atoms with Crippen molar-refractivity contribution < 1.29 is 9.53 Å². The lowest BCUT2D eigenvalue weighted by Crippen LogP contribution is -2.43. The molecule has 0 aromatic heterocycles. The maximum absolute atomic E-state index is 12.0. The Kier molecular flexibility index (Phi) is 10.5. The van der Waals surface area contributed by atoms with Crippen LogP contribution in [0.2, 0.25) is 0 Å². The molecule has 1 rings (SSSR count). The van der Waals surface area contributed by atoms with Gasteiger partial charge in [-0.2, -0.15) is 0 Å². The fourth-order valence-corrected chi connectivity index (χ4v) is 3.06. The van der Waals surface area contributed by atoms with Gasteiger partial charge in [0.1, 0.15) is 6.04 Å². The quantitative estimate of drug-likeness (QED) is 0.497. The fraction of sp³-hybridized carbons (Fsp3) is 0.941. The molecule has 0 aromatic carbocycles. The lowest BCUT2D eigenvalue weighted by atomic mass is 10.0. The molecule has 1 atom stereocenters. The number of esters is 1. The van der Waals surface area contributed by atoms with E-state index < -0.39 is 0 Å². The van der Waals surface area contributed by atoms with Gasteiger partial charge in [-0.25, -0.2) is 0 Å². The van der Waals surface area contributed by atoms with Crippen molar-refractivity contribution in [2.75, 3.05) is 33.3 Å². The number of hydrogen-bond donors (Lipinski definition) is 1. The van der Waals surface area contributed by atoms with Crippen LogP contribution < -0.4 is 5.32 Å². The fourth-order valence-electron chi connectivity index (χ4n) is 3.06. The van der Waals surface area contributed by atoms with E-state index in [9.17, 15) is 4.79 Å². The maximum Gasteiger partial charge on any atom is 0.323 e. The van der Waals surface area contributed by atoms with Gasteiger partial charge in [0, 0.05) is 19.6 Å². The first-order valence-corrected chi connectivity index (χ1v) is 8.82. The molecule has 0 aliphatic carbocycles. The van der Waals surface area contributed by atoms with Crippen LogP contribution in [0.4, 0.5) is 0 Å². The van der Waals surface area contributed by atoms with Gasteiger partial charge in [-0.1, -0.05) is 51.9 Å². The molecule has 1 aliphatic rings. The van der Waals surface area contributed by atoms with Crippen molar-refractivity contribution in [2.24, 2.45) is 0 Å². The van der Waals surface area contributed by atoms with Crippen molar-refractivity contribution >= 4 is 5.97 Å². The highest BCUT2D eigenvalue weighted by atomic mass is 16.5. The molecule has 4 heteroatoms. The summed E-state index contributed by atoms with van der Waals surface area (Å²) in [5.41, 5.74) is 0. The lowest BCUT2D eigenvalue weighted by molar-refractivity contribution is -0.147. The van der Waals surface area contributed by atoms with E-state index in [-0.39, 0.29) is 12.0 Å². The van der Waals surface area contributed by atoms with Crippen molar-refractivity contribution in [3.05, 3.63) is 0 Å². The Labute approximate surface area is 130 Å². The molecule has 0 amide bonds. The Bertz CT molecular complexity index is 264. The summed E-state index contributed by atoms with van der Waals surface area (Å²) in [6.45, 7) is 6.24. The Balaban J connectivity index is 2.27. The zero-order chi connectivity index (χ0) is 15.3. The standard InChI is InChI=1S/C17H34N2O2/c1-3-4-5-6-7-8-9-11-16(17(20)21-2)19-14-10-12-18-13-15-19/h16,18H,3-15H2,1-2H3. The predicted molar refractivity (Wildman–Crippen MR) is 87.5 cm³/mol. The van der Waals surface area contributed by atoms with E-state index in [4.69, 9.17) is 4.74 Å². The Morgan fingerprint density at radius 2 is 1.81 bits per heavy atom. The SMILES string of the molecule is CCCCCCCCCC(C(=O)OC)N1CCCNCC1. The van der Waals surface area contributed by atoms with E-state index in [0.29, 0.717) is 0 Å². The molecule has 0 spiro atoms. The Morgan fingerprint density at radius 3 is 2.52 bits per heavy atom. The van der Waals surface area contributed by atoms with E-state index in [2.05, 4.69) is 17.1 Å². The molecule has 0 radical (unpaired) electrons. The van der Waals surface area contributed by atoms with Crippen molar-refractivity contribution in [3.8, 4) is 0 Å². The van der Waals surface area contributed by atoms with Crippen molar-refractivity contribution in [1.82, 2.24) is 10.2 Å². The number of nitrogens with one attached hydrogen (secondary N) is 1. The van der Waals surface area contributed by atoms with Gasteiger partial charge < -0.3 is 10.1 Å². The van der Waals surface area contributed by atoms with Gasteiger partial charge in [-0.15, -0.1) is 0 Å². The predicted octanol–water partition coefficient (Wildman–Crippen LogP) is 2.96. The Hall–Kier alpha value is -0.610. The van der Waals surface area contributed by atoms with Crippen molar-refractivity contribution in [1.29, 1.82) is 0 Å². The number of hydrogen-bond acceptors (Lipinski definition) is 4. The zero-order valence-corrected chi connectivity index (χ0v) is 14.0. The number of rotatable bonds is 10. The number of carbonyl (C=O) groups excluding carboxylic acids is 1. The van der Waals surface area contributed by atoms with Crippen LogP contribution in [0.3, 0.4) is 0 Å². The summed E-state index contributed by atoms with van der Waals surface area (Å²) in [7, 11) is 1.51. The second kappa shape index (κ2) is 12.0. The molecule has 1 heterocycles. The molecule has 1 unspecified atom stereocenters. The summed E-state index contributed by atoms with van der Waals surface area (Å²) in [5, 5.41) is 3.39. The molecule has 124 valence electrons. The third-order valence-electron chi connectivity index (χ3n) is 4.37. The smallest absolute Gasteiger partial charge is 0.323 e. The zero-order valence-electron chi connectivity index (χ0n) is 14.0. The number of carbonyl (C=O) groups is 1. The minimum Gasteiger partial charge on any atom is -0.468 e. The third kappa shape index (κ3) is 7.82. The molecule has 0 bridgehead atoms. The van der Waals surface area contributed by atoms with Gasteiger partial charge in [-0.05, 0) is 19.4 Å². The van der Waals surface area contributed by atoms with E-state index >= 15 is 0 Å². The van der Waals surface area contributed by atoms with Crippen LogP contribution >= 0.6 is 0 Å². The van der Waals surface area contributed by atoms with Gasteiger partial charge >= 0.3 is 5.97 Å². The van der Waals surface area contributed by atoms with Gasteiger partial charge in [0.25, 0.3) is 0 Å². The Morgan fingerprint density at radius 1 is 1.10 bits per heavy atom. The highest BCUT2D eigenvalue weighted by Crippen LogP contribution is 2.15. The van der Waals surface area contributed by atoms with E-state index in [1.807, 2.05) is 0 Å². The molecule has 1 aliphatic heterocycles. The third-order valence-corrected chi connectivity index (χ3v) is 4.37. The van der Waals surface area contributed by atoms with Crippen LogP contribution in [0.15, 0.2) is 0 Å². The van der Waals surface area contributed by atoms with Crippen LogP contribution in [0.5, 0.6) is 0 Å². The van der Waals surface area contributed by atoms with E-state index in [0.717, 1.165) is 45.4 Å². The average molecular weight is 298 g/mol. The number of ether oxygens (including phenoxy) is 1. The molecule has 1 saturated heterocycles. The second-order valence-electron chi connectivity index (χ2n) is 6.09. The largest absolute Gasteiger partial charge is 0.468 e. The van der Waals surface area contributed by atoms with E-state index in [1.54, 1.807) is 0 Å². The van der Waals surface area contributed by atoms with E-state index in [1.165, 1.54) is 45.6 Å². The molecule has 0 aromatic rings. The molecule has 21 heavy (non-hydrogen) atoms. The van der Waals surface area contributed by atoms with Gasteiger partial charge in [0.2, 0.25) is 0 Å². The molecule has 0 saturated carbocycles. The maximum atomic E-state index is 12.0. The summed E-state index contributed by atoms with van der Waals surface area (Å²) >= 11 is 0. The summed E-state index contributed by atoms with van der Waals surface area (Å²) in [6, 6.07) is -0.0365. The van der Waals surface area contributed by atoms with Crippen LogP contribution in [-0.4, -0.2) is 50.2 Å². The van der Waals surface area contributed by atoms with Crippen LogP contribution in [0.1, 0.15) is 64.7 Å². The number of unbranched alkanes of at least 4 members (excludes halogenated alkanes) is 6. The summed E-state index contributed by atoms with van der Waals surface area (Å²) in [4.78, 5) is 14.4. The number of nitrogens with zero attached hydrogens (tertiary/aromatic N) is 1. The van der Waals surface area contributed by atoms with Crippen molar-refractivity contribution in [3.63, 3.8) is 0 Å². The monoisotopic (exact) mass is 298 g/mol. The molecule has 1 N–H and O–H groups in total. The lowest BCUT2D eigenvalue weighted by Gasteiger charge is -2.28. The summed E-state index contributed by atoms with van der Waals surface area (Å²) < 4.78 is 5.02. The molecular formula is C17H34N2O2. The minimum absolute atomic E-state index is 0.0365. The summed E-state index contributed by atoms with van der Waals surface area (Å²) in [5.74, 6) is -0.0529. The summed E-state index contributed by atoms with van der Waals surface area (Å²) in [6.07, 6.45) is 11.1.